The third kappa shape index (κ3) is 4.96. The first-order chi connectivity index (χ1) is 16.3. The zero-order valence-electron chi connectivity index (χ0n) is 17.8. The molecule has 2 aromatic carbocycles. The average Bonchev–Trinajstić information content (AvgIpc) is 3.15. The SMILES string of the molecule is CCCSNc1ccc(F)c(Cc2cn(C(=O)c3c(Cl)cccc3Cl)c3ncc(Br)cc23)c1F. The molecule has 10 heteroatoms. The smallest absolute Gasteiger partial charge is 0.266 e. The van der Waals surface area contributed by atoms with Gasteiger partial charge in [-0.2, -0.15) is 0 Å². The summed E-state index contributed by atoms with van der Waals surface area (Å²) in [6, 6.07) is 9.14. The predicted octanol–water partition coefficient (Wildman–Crippen LogP) is 8.13. The molecule has 4 nitrogen and oxygen atoms in total. The third-order valence-corrected chi connectivity index (χ3v) is 7.17. The summed E-state index contributed by atoms with van der Waals surface area (Å²) in [5.41, 5.74) is 1.07. The highest BCUT2D eigenvalue weighted by molar-refractivity contribution is 9.10. The van der Waals surface area contributed by atoms with Crippen LogP contribution in [0.3, 0.4) is 0 Å². The van der Waals surface area contributed by atoms with Crippen LogP contribution in [-0.4, -0.2) is 21.2 Å². The van der Waals surface area contributed by atoms with Gasteiger partial charge in [-0.05, 0) is 58.2 Å². The lowest BCUT2D eigenvalue weighted by atomic mass is 10.0. The van der Waals surface area contributed by atoms with E-state index in [-0.39, 0.29) is 33.3 Å². The van der Waals surface area contributed by atoms with Gasteiger partial charge in [-0.3, -0.25) is 9.36 Å². The largest absolute Gasteiger partial charge is 0.327 e. The normalized spacial score (nSPS) is 11.2. The van der Waals surface area contributed by atoms with E-state index in [0.29, 0.717) is 21.1 Å². The molecule has 4 aromatic rings. The Morgan fingerprint density at radius 1 is 1.21 bits per heavy atom. The lowest BCUT2D eigenvalue weighted by molar-refractivity contribution is 0.0964. The number of pyridine rings is 1. The Balaban J connectivity index is 1.80. The second kappa shape index (κ2) is 10.6. The van der Waals surface area contributed by atoms with Gasteiger partial charge in [-0.1, -0.05) is 48.1 Å². The first kappa shape index (κ1) is 25.0. The number of aromatic nitrogens is 2. The second-order valence-electron chi connectivity index (χ2n) is 7.47. The van der Waals surface area contributed by atoms with Crippen molar-refractivity contribution < 1.29 is 13.6 Å². The predicted molar refractivity (Wildman–Crippen MR) is 139 cm³/mol. The Hall–Kier alpha value is -2.13. The number of hydrogen-bond donors (Lipinski definition) is 1. The second-order valence-corrected chi connectivity index (χ2v) is 10.1. The number of nitrogens with zero attached hydrogens (tertiary/aromatic N) is 2. The van der Waals surface area contributed by atoms with Crippen LogP contribution in [0.4, 0.5) is 14.5 Å². The van der Waals surface area contributed by atoms with Crippen molar-refractivity contribution in [1.29, 1.82) is 0 Å². The molecule has 0 spiro atoms. The number of carbonyl (C=O) groups excluding carboxylic acids is 1. The molecule has 4 rings (SSSR count). The molecule has 0 saturated carbocycles. The Bertz CT molecular complexity index is 1380. The summed E-state index contributed by atoms with van der Waals surface area (Å²) in [5, 5.41) is 0.959. The monoisotopic (exact) mass is 583 g/mol. The molecule has 0 saturated heterocycles. The number of halogens is 5. The summed E-state index contributed by atoms with van der Waals surface area (Å²) < 4.78 is 34.8. The zero-order chi connectivity index (χ0) is 24.4. The van der Waals surface area contributed by atoms with Gasteiger partial charge < -0.3 is 4.72 Å². The molecule has 2 aromatic heterocycles. The highest BCUT2D eigenvalue weighted by Gasteiger charge is 2.23. The molecule has 0 radical (unpaired) electrons. The Labute approximate surface area is 217 Å². The van der Waals surface area contributed by atoms with Crippen LogP contribution in [0.25, 0.3) is 11.0 Å². The van der Waals surface area contributed by atoms with Gasteiger partial charge in [0.1, 0.15) is 11.5 Å². The summed E-state index contributed by atoms with van der Waals surface area (Å²) >= 11 is 17.2. The van der Waals surface area contributed by atoms with Crippen molar-refractivity contribution in [2.75, 3.05) is 10.5 Å². The molecule has 0 aliphatic heterocycles. The van der Waals surface area contributed by atoms with Crippen LogP contribution in [-0.2, 0) is 6.42 Å². The van der Waals surface area contributed by atoms with E-state index in [1.54, 1.807) is 30.5 Å². The minimum atomic E-state index is -0.673. The van der Waals surface area contributed by atoms with Gasteiger partial charge in [0.05, 0.1) is 21.3 Å². The minimum Gasteiger partial charge on any atom is -0.327 e. The van der Waals surface area contributed by atoms with Crippen molar-refractivity contribution in [2.24, 2.45) is 0 Å². The van der Waals surface area contributed by atoms with E-state index >= 15 is 4.39 Å². The maximum absolute atomic E-state index is 15.2. The van der Waals surface area contributed by atoms with Crippen molar-refractivity contribution >= 4 is 73.7 Å². The first-order valence-electron chi connectivity index (χ1n) is 10.3. The third-order valence-electron chi connectivity index (χ3n) is 5.13. The number of anilines is 1. The van der Waals surface area contributed by atoms with E-state index in [1.807, 2.05) is 6.92 Å². The van der Waals surface area contributed by atoms with Gasteiger partial charge in [0.2, 0.25) is 0 Å². The fourth-order valence-corrected chi connectivity index (χ4v) is 5.03. The van der Waals surface area contributed by atoms with E-state index < -0.39 is 17.5 Å². The van der Waals surface area contributed by atoms with Crippen molar-refractivity contribution in [3.05, 3.63) is 91.6 Å². The molecule has 0 bridgehead atoms. The molecular weight excluding hydrogens is 567 g/mol. The summed E-state index contributed by atoms with van der Waals surface area (Å²) in [6.07, 6.45) is 3.90. The molecule has 0 atom stereocenters. The van der Waals surface area contributed by atoms with Gasteiger partial charge in [0.15, 0.2) is 5.82 Å². The van der Waals surface area contributed by atoms with Crippen molar-refractivity contribution in [1.82, 2.24) is 9.55 Å². The van der Waals surface area contributed by atoms with Gasteiger partial charge in [0.25, 0.3) is 5.91 Å². The lowest BCUT2D eigenvalue weighted by Crippen LogP contribution is -2.12. The van der Waals surface area contributed by atoms with Gasteiger partial charge in [-0.25, -0.2) is 13.8 Å². The fraction of sp³-hybridized carbons (Fsp3) is 0.167. The summed E-state index contributed by atoms with van der Waals surface area (Å²) in [5.74, 6) is -1.05. The van der Waals surface area contributed by atoms with Gasteiger partial charge in [0, 0.05) is 40.0 Å². The summed E-state index contributed by atoms with van der Waals surface area (Å²) in [6.45, 7) is 2.01. The van der Waals surface area contributed by atoms with E-state index in [0.717, 1.165) is 12.2 Å². The number of carbonyl (C=O) groups is 1. The van der Waals surface area contributed by atoms with Gasteiger partial charge >= 0.3 is 0 Å². The summed E-state index contributed by atoms with van der Waals surface area (Å²) in [4.78, 5) is 17.7. The topological polar surface area (TPSA) is 46.9 Å². The number of hydrogen-bond acceptors (Lipinski definition) is 4. The number of fused-ring (bicyclic) bond motifs is 1. The van der Waals surface area contributed by atoms with Crippen LogP contribution < -0.4 is 4.72 Å². The molecule has 2 heterocycles. The molecule has 0 fully saturated rings. The molecule has 1 N–H and O–H groups in total. The number of benzene rings is 2. The van der Waals surface area contributed by atoms with Crippen LogP contribution in [0.15, 0.2) is 53.3 Å². The molecule has 0 unspecified atom stereocenters. The zero-order valence-corrected chi connectivity index (χ0v) is 21.8. The van der Waals surface area contributed by atoms with Gasteiger partial charge in [-0.15, -0.1) is 0 Å². The van der Waals surface area contributed by atoms with Crippen molar-refractivity contribution in [2.45, 2.75) is 19.8 Å². The molecule has 176 valence electrons. The van der Waals surface area contributed by atoms with E-state index in [9.17, 15) is 9.18 Å². The first-order valence-corrected chi connectivity index (χ1v) is 12.8. The molecule has 0 amide bonds. The molecule has 0 aliphatic rings. The fourth-order valence-electron chi connectivity index (χ4n) is 3.52. The minimum absolute atomic E-state index is 0.0865. The Morgan fingerprint density at radius 3 is 2.65 bits per heavy atom. The van der Waals surface area contributed by atoms with Crippen LogP contribution in [0, 0.1) is 11.6 Å². The molecular formula is C24H18BrCl2F2N3OS. The molecule has 0 aliphatic carbocycles. The highest BCUT2D eigenvalue weighted by atomic mass is 79.9. The van der Waals surface area contributed by atoms with Crippen LogP contribution >= 0.6 is 51.1 Å². The maximum atomic E-state index is 15.2. The Morgan fingerprint density at radius 2 is 1.94 bits per heavy atom. The van der Waals surface area contributed by atoms with Crippen molar-refractivity contribution in [3.63, 3.8) is 0 Å². The number of nitrogens with one attached hydrogen (secondary N) is 1. The maximum Gasteiger partial charge on any atom is 0.266 e. The Kier molecular flexibility index (Phi) is 7.82. The highest BCUT2D eigenvalue weighted by Crippen LogP contribution is 2.32. The standard InChI is InChI=1S/C24H18BrCl2F2N3OS/c1-2-8-34-31-20-7-6-19(28)16(22(20)29)9-13-12-32(23-15(13)10-14(25)11-30-23)24(33)21-17(26)4-3-5-18(21)27/h3-7,10-12,31H,2,8-9H2,1H3. The van der Waals surface area contributed by atoms with Crippen molar-refractivity contribution in [3.8, 4) is 0 Å². The lowest BCUT2D eigenvalue weighted by Gasteiger charge is -2.11. The van der Waals surface area contributed by atoms with E-state index in [1.165, 1.54) is 34.8 Å². The summed E-state index contributed by atoms with van der Waals surface area (Å²) in [7, 11) is 0. The van der Waals surface area contributed by atoms with E-state index in [4.69, 9.17) is 23.2 Å². The number of rotatable bonds is 7. The quantitative estimate of drug-likeness (QED) is 0.176. The average molecular weight is 585 g/mol. The van der Waals surface area contributed by atoms with Crippen LogP contribution in [0.5, 0.6) is 0 Å². The molecule has 34 heavy (non-hydrogen) atoms. The van der Waals surface area contributed by atoms with E-state index in [2.05, 4.69) is 25.6 Å². The van der Waals surface area contributed by atoms with Crippen LogP contribution in [0.2, 0.25) is 10.0 Å². The van der Waals surface area contributed by atoms with Crippen LogP contribution in [0.1, 0.15) is 34.8 Å².